The third-order valence-corrected chi connectivity index (χ3v) is 5.23. The zero-order valence-electron chi connectivity index (χ0n) is 11.0. The summed E-state index contributed by atoms with van der Waals surface area (Å²) in [5.41, 5.74) is 6.72. The smallest absolute Gasteiger partial charge is 0.0878 e. The molecular formula is C14H23NOS. The first-order chi connectivity index (χ1) is 7.99. The molecule has 1 aromatic heterocycles. The second-order valence-electron chi connectivity index (χ2n) is 5.93. The molecule has 1 fully saturated rings. The van der Waals surface area contributed by atoms with Crippen molar-refractivity contribution in [3.05, 3.63) is 22.4 Å². The number of nitrogens with two attached hydrogens (primary N) is 1. The molecule has 2 nitrogen and oxygen atoms in total. The average molecular weight is 253 g/mol. The van der Waals surface area contributed by atoms with E-state index in [-0.39, 0.29) is 11.6 Å². The van der Waals surface area contributed by atoms with Crippen LogP contribution < -0.4 is 5.73 Å². The van der Waals surface area contributed by atoms with E-state index in [4.69, 9.17) is 10.5 Å². The van der Waals surface area contributed by atoms with Crippen LogP contribution in [-0.4, -0.2) is 12.7 Å². The van der Waals surface area contributed by atoms with Crippen molar-refractivity contribution in [1.29, 1.82) is 0 Å². The van der Waals surface area contributed by atoms with Gasteiger partial charge in [-0.1, -0.05) is 19.9 Å². The predicted molar refractivity (Wildman–Crippen MR) is 73.2 cm³/mol. The first-order valence-electron chi connectivity index (χ1n) is 6.33. The van der Waals surface area contributed by atoms with Crippen molar-refractivity contribution in [2.45, 2.75) is 51.2 Å². The van der Waals surface area contributed by atoms with E-state index in [2.05, 4.69) is 31.4 Å². The van der Waals surface area contributed by atoms with Crippen LogP contribution in [-0.2, 0) is 4.74 Å². The zero-order chi connectivity index (χ0) is 12.5. The van der Waals surface area contributed by atoms with E-state index in [0.717, 1.165) is 12.8 Å². The van der Waals surface area contributed by atoms with Gasteiger partial charge in [-0.25, -0.2) is 0 Å². The van der Waals surface area contributed by atoms with E-state index in [1.54, 1.807) is 11.3 Å². The summed E-state index contributed by atoms with van der Waals surface area (Å²) in [5, 5.41) is 2.09. The highest BCUT2D eigenvalue weighted by atomic mass is 32.1. The average Bonchev–Trinajstić information content (AvgIpc) is 2.82. The Hall–Kier alpha value is -0.380. The summed E-state index contributed by atoms with van der Waals surface area (Å²) >= 11 is 1.73. The Morgan fingerprint density at radius 2 is 1.94 bits per heavy atom. The lowest BCUT2D eigenvalue weighted by molar-refractivity contribution is -0.0787. The topological polar surface area (TPSA) is 35.2 Å². The summed E-state index contributed by atoms with van der Waals surface area (Å²) in [5.74, 6) is 0. The summed E-state index contributed by atoms with van der Waals surface area (Å²) < 4.78 is 5.84. The molecular weight excluding hydrogens is 230 g/mol. The Morgan fingerprint density at radius 1 is 1.29 bits per heavy atom. The lowest BCUT2D eigenvalue weighted by atomic mass is 9.68. The number of hydrogen-bond donors (Lipinski definition) is 1. The van der Waals surface area contributed by atoms with Gasteiger partial charge in [0.2, 0.25) is 0 Å². The number of methoxy groups -OCH3 is 1. The molecule has 0 spiro atoms. The molecule has 1 heterocycles. The zero-order valence-corrected chi connectivity index (χ0v) is 11.8. The SMILES string of the molecule is COC1(C(N)c2cccs2)CCC(C)(C)CC1. The molecule has 1 atom stereocenters. The quantitative estimate of drug-likeness (QED) is 0.890. The third-order valence-electron chi connectivity index (χ3n) is 4.27. The second kappa shape index (κ2) is 4.71. The molecule has 1 aliphatic rings. The Morgan fingerprint density at radius 3 is 2.41 bits per heavy atom. The minimum absolute atomic E-state index is 0.0172. The van der Waals surface area contributed by atoms with Gasteiger partial charge >= 0.3 is 0 Å². The standard InChI is InChI=1S/C14H23NOS/c1-13(2)6-8-14(16-3,9-7-13)12(15)11-5-4-10-17-11/h4-5,10,12H,6-9,15H2,1-3H3. The molecule has 17 heavy (non-hydrogen) atoms. The Bertz CT molecular complexity index is 348. The van der Waals surface area contributed by atoms with E-state index >= 15 is 0 Å². The maximum atomic E-state index is 6.43. The van der Waals surface area contributed by atoms with Crippen molar-refractivity contribution in [2.24, 2.45) is 11.1 Å². The van der Waals surface area contributed by atoms with Crippen molar-refractivity contribution in [2.75, 3.05) is 7.11 Å². The van der Waals surface area contributed by atoms with Gasteiger partial charge in [-0.3, -0.25) is 0 Å². The Labute approximate surface area is 108 Å². The van der Waals surface area contributed by atoms with Crippen molar-refractivity contribution in [1.82, 2.24) is 0 Å². The van der Waals surface area contributed by atoms with E-state index < -0.39 is 0 Å². The molecule has 1 unspecified atom stereocenters. The summed E-state index contributed by atoms with van der Waals surface area (Å²) in [6.45, 7) is 4.67. The van der Waals surface area contributed by atoms with Crippen LogP contribution in [0, 0.1) is 5.41 Å². The van der Waals surface area contributed by atoms with Crippen molar-refractivity contribution in [3.63, 3.8) is 0 Å². The van der Waals surface area contributed by atoms with Gasteiger partial charge in [0.1, 0.15) is 0 Å². The van der Waals surface area contributed by atoms with Gasteiger partial charge in [0, 0.05) is 12.0 Å². The lowest BCUT2D eigenvalue weighted by Crippen LogP contribution is -2.47. The minimum atomic E-state index is -0.152. The third kappa shape index (κ3) is 2.56. The predicted octanol–water partition coefficient (Wildman–Crippen LogP) is 3.73. The first kappa shape index (κ1) is 13.1. The molecule has 0 saturated heterocycles. The number of hydrogen-bond acceptors (Lipinski definition) is 3. The van der Waals surface area contributed by atoms with E-state index in [0.29, 0.717) is 5.41 Å². The number of rotatable bonds is 3. The molecule has 2 N–H and O–H groups in total. The van der Waals surface area contributed by atoms with Gasteiger partial charge in [-0.05, 0) is 42.5 Å². The molecule has 1 aliphatic carbocycles. The number of ether oxygens (including phenoxy) is 1. The molecule has 0 radical (unpaired) electrons. The molecule has 96 valence electrons. The van der Waals surface area contributed by atoms with Crippen LogP contribution in [0.25, 0.3) is 0 Å². The Balaban J connectivity index is 2.16. The minimum Gasteiger partial charge on any atom is -0.376 e. The van der Waals surface area contributed by atoms with Gasteiger partial charge in [0.05, 0.1) is 11.6 Å². The fraction of sp³-hybridized carbons (Fsp3) is 0.714. The van der Waals surface area contributed by atoms with Crippen molar-refractivity contribution >= 4 is 11.3 Å². The van der Waals surface area contributed by atoms with Gasteiger partial charge in [0.25, 0.3) is 0 Å². The van der Waals surface area contributed by atoms with Crippen LogP contribution in [0.2, 0.25) is 0 Å². The van der Waals surface area contributed by atoms with Crippen molar-refractivity contribution in [3.8, 4) is 0 Å². The molecule has 1 saturated carbocycles. The molecule has 0 aliphatic heterocycles. The highest BCUT2D eigenvalue weighted by Crippen LogP contribution is 2.47. The van der Waals surface area contributed by atoms with Crippen LogP contribution in [0.4, 0.5) is 0 Å². The fourth-order valence-corrected chi connectivity index (χ4v) is 3.55. The molecule has 0 aromatic carbocycles. The highest BCUT2D eigenvalue weighted by Gasteiger charge is 2.43. The van der Waals surface area contributed by atoms with E-state index in [9.17, 15) is 0 Å². The van der Waals surface area contributed by atoms with E-state index in [1.807, 2.05) is 7.11 Å². The van der Waals surface area contributed by atoms with Crippen LogP contribution >= 0.6 is 11.3 Å². The molecule has 3 heteroatoms. The molecule has 0 bridgehead atoms. The summed E-state index contributed by atoms with van der Waals surface area (Å²) in [6, 6.07) is 4.20. The summed E-state index contributed by atoms with van der Waals surface area (Å²) in [7, 11) is 1.81. The van der Waals surface area contributed by atoms with Gasteiger partial charge in [-0.2, -0.15) is 0 Å². The Kier molecular flexibility index (Phi) is 3.62. The van der Waals surface area contributed by atoms with Gasteiger partial charge in [-0.15, -0.1) is 11.3 Å². The monoisotopic (exact) mass is 253 g/mol. The van der Waals surface area contributed by atoms with Crippen LogP contribution in [0.15, 0.2) is 17.5 Å². The summed E-state index contributed by atoms with van der Waals surface area (Å²) in [6.07, 6.45) is 4.52. The largest absolute Gasteiger partial charge is 0.376 e. The van der Waals surface area contributed by atoms with Crippen LogP contribution in [0.3, 0.4) is 0 Å². The van der Waals surface area contributed by atoms with Crippen LogP contribution in [0.1, 0.15) is 50.4 Å². The van der Waals surface area contributed by atoms with Gasteiger partial charge < -0.3 is 10.5 Å². The molecule has 2 rings (SSSR count). The number of thiophene rings is 1. The fourth-order valence-electron chi connectivity index (χ4n) is 2.72. The van der Waals surface area contributed by atoms with Crippen molar-refractivity contribution < 1.29 is 4.74 Å². The lowest BCUT2D eigenvalue weighted by Gasteiger charge is -2.45. The van der Waals surface area contributed by atoms with Crippen LogP contribution in [0.5, 0.6) is 0 Å². The van der Waals surface area contributed by atoms with E-state index in [1.165, 1.54) is 17.7 Å². The molecule has 1 aromatic rings. The first-order valence-corrected chi connectivity index (χ1v) is 7.21. The van der Waals surface area contributed by atoms with Gasteiger partial charge in [0.15, 0.2) is 0 Å². The maximum absolute atomic E-state index is 6.43. The second-order valence-corrected chi connectivity index (χ2v) is 6.91. The maximum Gasteiger partial charge on any atom is 0.0878 e. The normalized spacial score (nSPS) is 24.5. The highest BCUT2D eigenvalue weighted by molar-refractivity contribution is 7.10. The molecule has 0 amide bonds. The summed E-state index contributed by atoms with van der Waals surface area (Å²) in [4.78, 5) is 1.24.